The van der Waals surface area contributed by atoms with Crippen molar-refractivity contribution in [2.24, 2.45) is 5.73 Å². The van der Waals surface area contributed by atoms with Crippen LogP contribution in [0.5, 0.6) is 0 Å². The van der Waals surface area contributed by atoms with E-state index in [9.17, 15) is 14.8 Å². The number of halogens is 2. The first kappa shape index (κ1) is 25.2. The van der Waals surface area contributed by atoms with Gasteiger partial charge >= 0.3 is 13.1 Å². The maximum absolute atomic E-state index is 11.5. The van der Waals surface area contributed by atoms with Gasteiger partial charge in [0.05, 0.1) is 23.0 Å². The lowest BCUT2D eigenvalue weighted by Gasteiger charge is -2.36. The van der Waals surface area contributed by atoms with Crippen LogP contribution in [-0.2, 0) is 9.53 Å². The molecular formula is C20H32BCl2N3O4. The number of carbonyl (C=O) groups is 1. The van der Waals surface area contributed by atoms with Crippen LogP contribution in [0, 0.1) is 0 Å². The molecule has 0 aliphatic carbocycles. The number of hydrogen-bond donors (Lipinski definition) is 3. The van der Waals surface area contributed by atoms with Crippen molar-refractivity contribution < 1.29 is 19.6 Å². The molecule has 1 heterocycles. The van der Waals surface area contributed by atoms with Gasteiger partial charge in [0.15, 0.2) is 0 Å². The second-order valence-corrected chi connectivity index (χ2v) is 8.62. The normalized spacial score (nSPS) is 16.9. The third kappa shape index (κ3) is 7.91. The van der Waals surface area contributed by atoms with Crippen LogP contribution in [-0.4, -0.2) is 73.9 Å². The number of nitrogens with zero attached hydrogens (tertiary/aromatic N) is 2. The number of carbonyl (C=O) groups excluding carboxylic acids is 1. The Hall–Kier alpha value is -1.03. The fourth-order valence-corrected chi connectivity index (χ4v) is 4.07. The molecule has 10 heteroatoms. The number of ether oxygens (including phenoxy) is 1. The molecule has 1 unspecified atom stereocenters. The number of nitrogens with two attached hydrogens (primary N) is 1. The number of methoxy groups -OCH3 is 1. The summed E-state index contributed by atoms with van der Waals surface area (Å²) in [7, 11) is -0.454. The van der Waals surface area contributed by atoms with Gasteiger partial charge in [-0.2, -0.15) is 0 Å². The molecule has 0 spiro atoms. The lowest BCUT2D eigenvalue weighted by Crippen LogP contribution is -2.46. The second kappa shape index (κ2) is 12.7. The third-order valence-corrected chi connectivity index (χ3v) is 6.38. The van der Waals surface area contributed by atoms with Gasteiger partial charge in [-0.05, 0) is 50.4 Å². The zero-order valence-electron chi connectivity index (χ0n) is 17.5. The Labute approximate surface area is 189 Å². The Balaban J connectivity index is 1.62. The predicted octanol–water partition coefficient (Wildman–Crippen LogP) is 2.41. The smallest absolute Gasteiger partial charge is 0.466 e. The molecule has 1 aliphatic rings. The van der Waals surface area contributed by atoms with E-state index in [4.69, 9.17) is 28.9 Å². The zero-order valence-corrected chi connectivity index (χ0v) is 19.0. The number of benzene rings is 1. The fourth-order valence-electron chi connectivity index (χ4n) is 3.77. The van der Waals surface area contributed by atoms with Crippen molar-refractivity contribution in [1.29, 1.82) is 0 Å². The van der Waals surface area contributed by atoms with Crippen molar-refractivity contribution >= 4 is 42.0 Å². The predicted molar refractivity (Wildman–Crippen MR) is 122 cm³/mol. The highest BCUT2D eigenvalue weighted by molar-refractivity contribution is 6.48. The Bertz CT molecular complexity index is 675. The first-order valence-electron chi connectivity index (χ1n) is 10.4. The van der Waals surface area contributed by atoms with Crippen LogP contribution < -0.4 is 10.6 Å². The zero-order chi connectivity index (χ0) is 22.1. The lowest BCUT2D eigenvalue weighted by atomic mass is 9.70. The van der Waals surface area contributed by atoms with E-state index >= 15 is 0 Å². The van der Waals surface area contributed by atoms with Crippen molar-refractivity contribution in [2.45, 2.75) is 44.0 Å². The largest absolute Gasteiger partial charge is 0.469 e. The summed E-state index contributed by atoms with van der Waals surface area (Å²) in [5.41, 5.74) is 7.29. The van der Waals surface area contributed by atoms with Crippen LogP contribution in [0.4, 0.5) is 5.69 Å². The summed E-state index contributed by atoms with van der Waals surface area (Å²) in [4.78, 5) is 16.3. The van der Waals surface area contributed by atoms with E-state index < -0.39 is 18.9 Å². The monoisotopic (exact) mass is 459 g/mol. The average molecular weight is 460 g/mol. The van der Waals surface area contributed by atoms with Crippen LogP contribution >= 0.6 is 23.2 Å². The summed E-state index contributed by atoms with van der Waals surface area (Å²) >= 11 is 12.1. The molecule has 0 amide bonds. The summed E-state index contributed by atoms with van der Waals surface area (Å²) in [5.74, 6) is -1.51. The summed E-state index contributed by atoms with van der Waals surface area (Å²) < 4.78 is 4.60. The molecule has 4 N–H and O–H groups in total. The SMILES string of the molecule is COC(=O)C(CCC[C@H](N)CCCN1CCN(c2ccc(Cl)c(Cl)c2)CC1)B(O)O. The number of esters is 1. The highest BCUT2D eigenvalue weighted by atomic mass is 35.5. The molecule has 0 aromatic heterocycles. The molecule has 168 valence electrons. The quantitative estimate of drug-likeness (QED) is 0.345. The van der Waals surface area contributed by atoms with Gasteiger partial charge in [0.1, 0.15) is 0 Å². The van der Waals surface area contributed by atoms with Crippen molar-refractivity contribution in [3.63, 3.8) is 0 Å². The minimum Gasteiger partial charge on any atom is -0.469 e. The van der Waals surface area contributed by atoms with Gasteiger partial charge in [-0.3, -0.25) is 9.69 Å². The highest BCUT2D eigenvalue weighted by Gasteiger charge is 2.31. The first-order chi connectivity index (χ1) is 14.3. The number of piperazine rings is 1. The van der Waals surface area contributed by atoms with Crippen LogP contribution in [0.2, 0.25) is 15.9 Å². The number of anilines is 1. The van der Waals surface area contributed by atoms with E-state index in [1.54, 1.807) is 0 Å². The maximum Gasteiger partial charge on any atom is 0.466 e. The molecule has 0 radical (unpaired) electrons. The third-order valence-electron chi connectivity index (χ3n) is 5.64. The van der Waals surface area contributed by atoms with Crippen molar-refractivity contribution in [2.75, 3.05) is 44.7 Å². The van der Waals surface area contributed by atoms with Gasteiger partial charge in [0.2, 0.25) is 0 Å². The van der Waals surface area contributed by atoms with E-state index in [1.165, 1.54) is 7.11 Å². The number of hydrogen-bond acceptors (Lipinski definition) is 7. The second-order valence-electron chi connectivity index (χ2n) is 7.80. The fraction of sp³-hybridized carbons (Fsp3) is 0.650. The number of rotatable bonds is 11. The Morgan fingerprint density at radius 1 is 1.13 bits per heavy atom. The van der Waals surface area contributed by atoms with Gasteiger partial charge in [0.25, 0.3) is 0 Å². The van der Waals surface area contributed by atoms with E-state index in [2.05, 4.69) is 14.5 Å². The molecule has 2 atom stereocenters. The molecule has 1 saturated heterocycles. The topological polar surface area (TPSA) is 99.3 Å². The first-order valence-corrected chi connectivity index (χ1v) is 11.2. The Morgan fingerprint density at radius 3 is 2.40 bits per heavy atom. The van der Waals surface area contributed by atoms with Crippen molar-refractivity contribution in [3.05, 3.63) is 28.2 Å². The summed E-state index contributed by atoms with van der Waals surface area (Å²) in [5, 5.41) is 19.7. The van der Waals surface area contributed by atoms with E-state index in [1.807, 2.05) is 18.2 Å². The molecule has 1 aromatic carbocycles. The minimum atomic E-state index is -1.70. The van der Waals surface area contributed by atoms with Crippen LogP contribution in [0.15, 0.2) is 18.2 Å². The standard InChI is InChI=1S/C20H32BCl2N3O4/c1-30-20(27)17(21(28)29)6-2-4-15(24)5-3-9-25-10-12-26(13-11-25)16-7-8-18(22)19(23)14-16/h7-8,14-15,17,28-29H,2-6,9-13,24H2,1H3/t15-,17?/m0/s1. The lowest BCUT2D eigenvalue weighted by molar-refractivity contribution is -0.141. The average Bonchev–Trinajstić information content (AvgIpc) is 2.73. The Kier molecular flexibility index (Phi) is 10.7. The molecule has 1 aromatic rings. The van der Waals surface area contributed by atoms with Gasteiger partial charge in [0, 0.05) is 37.9 Å². The van der Waals surface area contributed by atoms with Gasteiger partial charge in [-0.1, -0.05) is 29.6 Å². The maximum atomic E-state index is 11.5. The molecule has 0 bridgehead atoms. The van der Waals surface area contributed by atoms with Gasteiger partial charge in [-0.15, -0.1) is 0 Å². The van der Waals surface area contributed by atoms with Crippen LogP contribution in [0.25, 0.3) is 0 Å². The molecule has 2 rings (SSSR count). The van der Waals surface area contributed by atoms with Gasteiger partial charge < -0.3 is 25.4 Å². The molecule has 0 saturated carbocycles. The minimum absolute atomic E-state index is 0.0385. The highest BCUT2D eigenvalue weighted by Crippen LogP contribution is 2.27. The molecule has 7 nitrogen and oxygen atoms in total. The molecule has 30 heavy (non-hydrogen) atoms. The van der Waals surface area contributed by atoms with E-state index in [-0.39, 0.29) is 6.04 Å². The molecule has 1 aliphatic heterocycles. The summed E-state index contributed by atoms with van der Waals surface area (Å²) in [6.07, 6.45) is 3.66. The van der Waals surface area contributed by atoms with Crippen molar-refractivity contribution in [1.82, 2.24) is 4.90 Å². The molecule has 1 fully saturated rings. The Morgan fingerprint density at radius 2 is 1.80 bits per heavy atom. The van der Waals surface area contributed by atoms with Crippen molar-refractivity contribution in [3.8, 4) is 0 Å². The molecular weight excluding hydrogens is 428 g/mol. The summed E-state index contributed by atoms with van der Waals surface area (Å²) in [6, 6.07) is 5.79. The van der Waals surface area contributed by atoms with E-state index in [0.717, 1.165) is 57.7 Å². The summed E-state index contributed by atoms with van der Waals surface area (Å²) in [6.45, 7) is 4.88. The van der Waals surface area contributed by atoms with Crippen LogP contribution in [0.1, 0.15) is 32.1 Å². The van der Waals surface area contributed by atoms with Crippen LogP contribution in [0.3, 0.4) is 0 Å². The van der Waals surface area contributed by atoms with Gasteiger partial charge in [-0.25, -0.2) is 0 Å². The van der Waals surface area contributed by atoms with E-state index in [0.29, 0.717) is 22.9 Å².